The van der Waals surface area contributed by atoms with Gasteiger partial charge in [-0.1, -0.05) is 23.2 Å². The van der Waals surface area contributed by atoms with Gasteiger partial charge in [0.2, 0.25) is 0 Å². The fraction of sp³-hybridized carbons (Fsp3) is 0. The first-order chi connectivity index (χ1) is 10.6. The van der Waals surface area contributed by atoms with Crippen LogP contribution in [0.15, 0.2) is 55.2 Å². The largest absolute Gasteiger partial charge is 0.321 e. The van der Waals surface area contributed by atoms with Gasteiger partial charge in [-0.2, -0.15) is 0 Å². The lowest BCUT2D eigenvalue weighted by Gasteiger charge is -2.08. The smallest absolute Gasteiger partial charge is 0.257 e. The molecule has 0 saturated heterocycles. The average Bonchev–Trinajstić information content (AvgIpc) is 3.05. The van der Waals surface area contributed by atoms with Crippen LogP contribution < -0.4 is 5.32 Å². The lowest BCUT2D eigenvalue weighted by atomic mass is 10.2. The molecule has 0 spiro atoms. The van der Waals surface area contributed by atoms with Crippen LogP contribution in [0.1, 0.15) is 10.4 Å². The second-order valence-corrected chi connectivity index (χ2v) is 5.30. The number of anilines is 1. The van der Waals surface area contributed by atoms with E-state index in [2.05, 4.69) is 15.3 Å². The number of halogens is 2. The second-order valence-electron chi connectivity index (χ2n) is 4.45. The first-order valence-corrected chi connectivity index (χ1v) is 7.10. The Morgan fingerprint density at radius 2 is 2.05 bits per heavy atom. The van der Waals surface area contributed by atoms with E-state index in [1.165, 1.54) is 6.07 Å². The maximum atomic E-state index is 12.2. The fourth-order valence-electron chi connectivity index (χ4n) is 1.88. The molecule has 22 heavy (non-hydrogen) atoms. The van der Waals surface area contributed by atoms with E-state index in [0.717, 1.165) is 0 Å². The normalized spacial score (nSPS) is 10.5. The maximum absolute atomic E-state index is 12.2. The van der Waals surface area contributed by atoms with Crippen LogP contribution in [-0.4, -0.2) is 20.4 Å². The Kier molecular flexibility index (Phi) is 4.09. The van der Waals surface area contributed by atoms with E-state index < -0.39 is 0 Å². The summed E-state index contributed by atoms with van der Waals surface area (Å²) in [5, 5.41) is 3.51. The first kappa shape index (κ1) is 14.6. The number of rotatable bonds is 3. The third kappa shape index (κ3) is 3.10. The van der Waals surface area contributed by atoms with Gasteiger partial charge in [0.15, 0.2) is 0 Å². The zero-order chi connectivity index (χ0) is 15.5. The van der Waals surface area contributed by atoms with Gasteiger partial charge in [0.25, 0.3) is 5.91 Å². The number of nitrogens with zero attached hydrogens (tertiary/aromatic N) is 3. The highest BCUT2D eigenvalue weighted by Crippen LogP contribution is 2.22. The van der Waals surface area contributed by atoms with Gasteiger partial charge in [0, 0.05) is 17.4 Å². The summed E-state index contributed by atoms with van der Waals surface area (Å²) in [6.07, 6.45) is 6.66. The molecule has 5 nitrogen and oxygen atoms in total. The van der Waals surface area contributed by atoms with E-state index in [1.807, 2.05) is 0 Å². The predicted octanol–water partition coefficient (Wildman–Crippen LogP) is 3.83. The molecule has 110 valence electrons. The predicted molar refractivity (Wildman–Crippen MR) is 85.8 cm³/mol. The highest BCUT2D eigenvalue weighted by atomic mass is 35.5. The molecule has 0 saturated carbocycles. The minimum Gasteiger partial charge on any atom is -0.321 e. The van der Waals surface area contributed by atoms with Crippen molar-refractivity contribution in [2.24, 2.45) is 0 Å². The molecule has 0 unspecified atom stereocenters. The molecule has 0 atom stereocenters. The number of imidazole rings is 1. The maximum Gasteiger partial charge on any atom is 0.257 e. The summed E-state index contributed by atoms with van der Waals surface area (Å²) < 4.78 is 1.76. The molecule has 0 bridgehead atoms. The highest BCUT2D eigenvalue weighted by molar-refractivity contribution is 6.36. The van der Waals surface area contributed by atoms with Crippen molar-refractivity contribution in [2.75, 3.05) is 5.32 Å². The Hall–Kier alpha value is -2.37. The number of nitrogens with one attached hydrogen (secondary N) is 1. The topological polar surface area (TPSA) is 59.8 Å². The van der Waals surface area contributed by atoms with Crippen molar-refractivity contribution in [3.8, 4) is 5.82 Å². The number of hydrogen-bond donors (Lipinski definition) is 1. The van der Waals surface area contributed by atoms with Crippen LogP contribution in [0.25, 0.3) is 5.82 Å². The van der Waals surface area contributed by atoms with E-state index in [4.69, 9.17) is 23.2 Å². The zero-order valence-electron chi connectivity index (χ0n) is 11.2. The van der Waals surface area contributed by atoms with Crippen LogP contribution in [-0.2, 0) is 0 Å². The molecular weight excluding hydrogens is 323 g/mol. The van der Waals surface area contributed by atoms with Crippen molar-refractivity contribution < 1.29 is 4.79 Å². The molecule has 2 heterocycles. The van der Waals surface area contributed by atoms with Gasteiger partial charge in [-0.3, -0.25) is 9.36 Å². The number of benzene rings is 1. The molecule has 0 aliphatic heterocycles. The summed E-state index contributed by atoms with van der Waals surface area (Å²) in [6, 6.07) is 8.25. The standard InChI is InChI=1S/C15H10Cl2N4O/c16-10-1-3-13(17)12(7-10)15(22)20-11-2-4-14(19-8-11)21-6-5-18-9-21/h1-9H,(H,20,22). The van der Waals surface area contributed by atoms with Gasteiger partial charge in [0.1, 0.15) is 12.1 Å². The van der Waals surface area contributed by atoms with Crippen molar-refractivity contribution in [1.82, 2.24) is 14.5 Å². The van der Waals surface area contributed by atoms with Gasteiger partial charge >= 0.3 is 0 Å². The Labute approximate surface area is 136 Å². The second kappa shape index (κ2) is 6.17. The molecule has 7 heteroatoms. The lowest BCUT2D eigenvalue weighted by molar-refractivity contribution is 0.102. The van der Waals surface area contributed by atoms with Crippen molar-refractivity contribution in [3.05, 3.63) is 70.9 Å². The van der Waals surface area contributed by atoms with Crippen molar-refractivity contribution >= 4 is 34.8 Å². The fourth-order valence-corrected chi connectivity index (χ4v) is 2.25. The quantitative estimate of drug-likeness (QED) is 0.792. The minimum atomic E-state index is -0.343. The van der Waals surface area contributed by atoms with Gasteiger partial charge in [-0.05, 0) is 30.3 Å². The highest BCUT2D eigenvalue weighted by Gasteiger charge is 2.11. The summed E-state index contributed by atoms with van der Waals surface area (Å²) in [6.45, 7) is 0. The van der Waals surface area contributed by atoms with Crippen molar-refractivity contribution in [2.45, 2.75) is 0 Å². The SMILES string of the molecule is O=C(Nc1ccc(-n2ccnc2)nc1)c1cc(Cl)ccc1Cl. The summed E-state index contributed by atoms with van der Waals surface area (Å²) in [5.74, 6) is 0.362. The van der Waals surface area contributed by atoms with Crippen molar-refractivity contribution in [1.29, 1.82) is 0 Å². The van der Waals surface area contributed by atoms with E-state index in [1.54, 1.807) is 53.8 Å². The number of hydrogen-bond acceptors (Lipinski definition) is 3. The van der Waals surface area contributed by atoms with Crippen LogP contribution in [0.3, 0.4) is 0 Å². The Bertz CT molecular complexity index is 801. The van der Waals surface area contributed by atoms with E-state index in [9.17, 15) is 4.79 Å². The average molecular weight is 333 g/mol. The number of carbonyl (C=O) groups is 1. The van der Waals surface area contributed by atoms with Crippen LogP contribution in [0.2, 0.25) is 10.0 Å². The summed E-state index contributed by atoms with van der Waals surface area (Å²) in [4.78, 5) is 20.4. The van der Waals surface area contributed by atoms with Crippen LogP contribution in [0.4, 0.5) is 5.69 Å². The lowest BCUT2D eigenvalue weighted by Crippen LogP contribution is -2.12. The third-order valence-electron chi connectivity index (χ3n) is 2.95. The van der Waals surface area contributed by atoms with Gasteiger partial charge in [-0.15, -0.1) is 0 Å². The monoisotopic (exact) mass is 332 g/mol. The molecule has 0 aliphatic rings. The number of aromatic nitrogens is 3. The molecule has 1 amide bonds. The van der Waals surface area contributed by atoms with E-state index >= 15 is 0 Å². The zero-order valence-corrected chi connectivity index (χ0v) is 12.7. The molecule has 2 aromatic heterocycles. The number of amides is 1. The molecule has 1 aromatic carbocycles. The molecule has 0 fully saturated rings. The minimum absolute atomic E-state index is 0.313. The molecular formula is C15H10Cl2N4O. The summed E-state index contributed by atoms with van der Waals surface area (Å²) in [7, 11) is 0. The van der Waals surface area contributed by atoms with Gasteiger partial charge < -0.3 is 5.32 Å². The molecule has 3 rings (SSSR count). The Morgan fingerprint density at radius 1 is 1.18 bits per heavy atom. The van der Waals surface area contributed by atoms with Crippen LogP contribution in [0.5, 0.6) is 0 Å². The van der Waals surface area contributed by atoms with E-state index in [-0.39, 0.29) is 5.91 Å². The number of pyridine rings is 1. The van der Waals surface area contributed by atoms with Gasteiger partial charge in [0.05, 0.1) is 22.5 Å². The Morgan fingerprint density at radius 3 is 2.73 bits per heavy atom. The van der Waals surface area contributed by atoms with Crippen LogP contribution >= 0.6 is 23.2 Å². The van der Waals surface area contributed by atoms with E-state index in [0.29, 0.717) is 27.1 Å². The van der Waals surface area contributed by atoms with Crippen LogP contribution in [0, 0.1) is 0 Å². The molecule has 3 aromatic rings. The van der Waals surface area contributed by atoms with Crippen molar-refractivity contribution in [3.63, 3.8) is 0 Å². The Balaban J connectivity index is 1.78. The molecule has 1 N–H and O–H groups in total. The molecule has 0 aliphatic carbocycles. The summed E-state index contributed by atoms with van der Waals surface area (Å²) in [5.41, 5.74) is 0.873. The first-order valence-electron chi connectivity index (χ1n) is 6.34. The summed E-state index contributed by atoms with van der Waals surface area (Å²) >= 11 is 11.9. The third-order valence-corrected chi connectivity index (χ3v) is 3.51. The van der Waals surface area contributed by atoms with Gasteiger partial charge in [-0.25, -0.2) is 9.97 Å². The molecule has 0 radical (unpaired) electrons. The number of carbonyl (C=O) groups excluding carboxylic acids is 1.